The number of pyridine rings is 1. The average molecular weight is 865 g/mol. The second-order valence-corrected chi connectivity index (χ2v) is 22.2. The van der Waals surface area contributed by atoms with E-state index in [-0.39, 0.29) is 28.7 Å². The van der Waals surface area contributed by atoms with Gasteiger partial charge in [-0.3, -0.25) is 4.79 Å². The molecule has 2 atom stereocenters. The predicted molar refractivity (Wildman–Crippen MR) is 207 cm³/mol. The molecule has 0 spiro atoms. The lowest BCUT2D eigenvalue weighted by Crippen LogP contribution is -2.46. The zero-order valence-corrected chi connectivity index (χ0v) is 36.4. The number of rotatable bonds is 14. The van der Waals surface area contributed by atoms with Crippen molar-refractivity contribution in [2.24, 2.45) is 0 Å². The molecule has 0 aliphatic carbocycles. The van der Waals surface area contributed by atoms with Crippen LogP contribution in [0.1, 0.15) is 99.1 Å². The number of amides is 2. The van der Waals surface area contributed by atoms with Gasteiger partial charge in [-0.25, -0.2) is 9.59 Å². The quantitative estimate of drug-likeness (QED) is 0.0935. The van der Waals surface area contributed by atoms with E-state index in [4.69, 9.17) is 27.8 Å². The number of ether oxygens (including phenoxy) is 4. The lowest BCUT2D eigenvalue weighted by molar-refractivity contribution is -0.302. The molecule has 59 heavy (non-hydrogen) atoms. The first-order valence-corrected chi connectivity index (χ1v) is 21.6. The third-order valence-electron chi connectivity index (χ3n) is 9.06. The summed E-state index contributed by atoms with van der Waals surface area (Å²) >= 11 is 0. The number of carbonyl (C=O) groups is 2. The van der Waals surface area contributed by atoms with E-state index >= 15 is 13.2 Å². The smallest absolute Gasteiger partial charge is 0.426 e. The number of alkyl halides is 6. The van der Waals surface area contributed by atoms with Crippen LogP contribution in [0.3, 0.4) is 0 Å². The fourth-order valence-corrected chi connectivity index (χ4v) is 6.59. The summed E-state index contributed by atoms with van der Waals surface area (Å²) < 4.78 is 122. The Kier molecular flexibility index (Phi) is 15.1. The summed E-state index contributed by atoms with van der Waals surface area (Å²) in [5.41, 5.74) is -11.4. The summed E-state index contributed by atoms with van der Waals surface area (Å²) in [7, 11) is -2.15. The average Bonchev–Trinajstić information content (AvgIpc) is 3.54. The number of H-pyrrole nitrogens is 1. The number of imide groups is 1. The predicted octanol–water partition coefficient (Wildman–Crippen LogP) is 10.3. The number of benzene rings is 1. The SMILES string of the molecule is C[C@@H](CCOCCC(OCc1ccccc1)(c1nnc(-c2[nH]c(=O)c(C(F)(F)F)cc2N(C(=O)OC(C)(C)C)C(=O)OC(C)(C)C)o1)C(F)(F)F)O[Si](C)(C)C(C)(C)C. The van der Waals surface area contributed by atoms with E-state index in [0.717, 1.165) is 0 Å². The number of aromatic nitrogens is 3. The van der Waals surface area contributed by atoms with Gasteiger partial charge >= 0.3 is 24.5 Å². The second-order valence-electron chi connectivity index (χ2n) is 17.4. The minimum absolute atomic E-state index is 0.0127. The number of hydrogen-bond donors (Lipinski definition) is 1. The third kappa shape index (κ3) is 13.1. The van der Waals surface area contributed by atoms with Gasteiger partial charge in [0.15, 0.2) is 8.32 Å². The van der Waals surface area contributed by atoms with Crippen LogP contribution in [0.15, 0.2) is 45.6 Å². The van der Waals surface area contributed by atoms with E-state index in [1.807, 2.05) is 11.9 Å². The highest BCUT2D eigenvalue weighted by Crippen LogP contribution is 2.46. The highest BCUT2D eigenvalue weighted by atomic mass is 28.4. The molecule has 0 saturated heterocycles. The molecular formula is C39H54F6N4O9Si. The summed E-state index contributed by atoms with van der Waals surface area (Å²) in [6.45, 7) is 19.5. The van der Waals surface area contributed by atoms with Crippen LogP contribution >= 0.6 is 0 Å². The molecule has 0 fully saturated rings. The molecule has 0 aliphatic heterocycles. The van der Waals surface area contributed by atoms with Gasteiger partial charge in [0.05, 0.1) is 18.9 Å². The van der Waals surface area contributed by atoms with Gasteiger partial charge in [-0.05, 0) is 84.6 Å². The maximum absolute atomic E-state index is 15.5. The van der Waals surface area contributed by atoms with E-state index in [2.05, 4.69) is 44.1 Å². The number of hydrogen-bond acceptors (Lipinski definition) is 11. The first-order chi connectivity index (χ1) is 26.8. The van der Waals surface area contributed by atoms with Crippen molar-refractivity contribution in [2.75, 3.05) is 18.1 Å². The molecule has 2 amide bonds. The Morgan fingerprint density at radius 3 is 1.92 bits per heavy atom. The zero-order chi connectivity index (χ0) is 45.0. The fraction of sp³-hybridized carbons (Fsp3) is 0.615. The van der Waals surface area contributed by atoms with Crippen LogP contribution in [0.25, 0.3) is 11.6 Å². The van der Waals surface area contributed by atoms with Gasteiger partial charge in [-0.1, -0.05) is 51.1 Å². The Balaban J connectivity index is 2.17. The number of carbonyl (C=O) groups excluding carboxylic acids is 2. The van der Waals surface area contributed by atoms with Crippen LogP contribution < -0.4 is 10.5 Å². The molecule has 2 heterocycles. The van der Waals surface area contributed by atoms with Gasteiger partial charge in [-0.2, -0.15) is 31.2 Å². The van der Waals surface area contributed by atoms with Crippen molar-refractivity contribution in [3.8, 4) is 11.6 Å². The molecule has 1 unspecified atom stereocenters. The summed E-state index contributed by atoms with van der Waals surface area (Å²) in [5.74, 6) is -2.24. The normalized spacial score (nSPS) is 14.7. The highest BCUT2D eigenvalue weighted by Gasteiger charge is 2.61. The maximum atomic E-state index is 15.5. The Hall–Kier alpha value is -4.27. The zero-order valence-electron chi connectivity index (χ0n) is 35.4. The van der Waals surface area contributed by atoms with E-state index in [1.165, 1.54) is 53.7 Å². The van der Waals surface area contributed by atoms with Crippen molar-refractivity contribution >= 4 is 26.2 Å². The molecule has 330 valence electrons. The number of anilines is 1. The molecule has 13 nitrogen and oxygen atoms in total. The Morgan fingerprint density at radius 2 is 1.42 bits per heavy atom. The van der Waals surface area contributed by atoms with Crippen molar-refractivity contribution in [2.45, 2.75) is 142 Å². The van der Waals surface area contributed by atoms with Crippen molar-refractivity contribution in [1.29, 1.82) is 0 Å². The van der Waals surface area contributed by atoms with Gasteiger partial charge in [-0.15, -0.1) is 10.2 Å². The van der Waals surface area contributed by atoms with Gasteiger partial charge in [0.1, 0.15) is 22.5 Å². The number of aromatic amines is 1. The molecule has 0 bridgehead atoms. The van der Waals surface area contributed by atoms with Crippen LogP contribution in [-0.2, 0) is 41.8 Å². The number of halogens is 6. The first-order valence-electron chi connectivity index (χ1n) is 18.7. The van der Waals surface area contributed by atoms with Crippen molar-refractivity contribution in [3.05, 3.63) is 63.8 Å². The largest absolute Gasteiger partial charge is 0.443 e. The lowest BCUT2D eigenvalue weighted by Gasteiger charge is -2.38. The molecule has 0 saturated carbocycles. The standard InChI is InChI=1S/C39H54F6N4O9Si/c1-24(58-59(11,12)36(8,9)10)18-20-53-21-19-37(39(43,44)45,54-23-25-16-14-13-15-17-25)31-48-47-30(55-31)28-27(22-26(29(50)46-28)38(40,41)42)49(32(51)56-34(2,3)4)33(52)57-35(5,6)7/h13-17,22,24H,18-21,23H2,1-12H3,(H,46,50)/t24-,37?/m0/s1. The fourth-order valence-electron chi connectivity index (χ4n) is 5.12. The van der Waals surface area contributed by atoms with E-state index < -0.39 is 104 Å². The number of nitrogens with zero attached hydrogens (tertiary/aromatic N) is 3. The molecule has 3 aromatic rings. The summed E-state index contributed by atoms with van der Waals surface area (Å²) in [4.78, 5) is 41.8. The van der Waals surface area contributed by atoms with E-state index in [9.17, 15) is 27.6 Å². The van der Waals surface area contributed by atoms with Gasteiger partial charge in [0.2, 0.25) is 5.60 Å². The van der Waals surface area contributed by atoms with Crippen LogP contribution in [0.4, 0.5) is 41.6 Å². The maximum Gasteiger partial charge on any atom is 0.426 e. The Labute approximate surface area is 340 Å². The topological polar surface area (TPSA) is 155 Å². The van der Waals surface area contributed by atoms with E-state index in [0.29, 0.717) is 12.0 Å². The molecule has 20 heteroatoms. The number of nitrogens with one attached hydrogen (secondary N) is 1. The molecular weight excluding hydrogens is 811 g/mol. The molecule has 0 radical (unpaired) electrons. The van der Waals surface area contributed by atoms with Crippen molar-refractivity contribution < 1.29 is 63.7 Å². The monoisotopic (exact) mass is 864 g/mol. The van der Waals surface area contributed by atoms with Crippen LogP contribution in [-0.4, -0.2) is 72.4 Å². The van der Waals surface area contributed by atoms with Crippen molar-refractivity contribution in [1.82, 2.24) is 15.2 Å². The Morgan fingerprint density at radius 1 is 0.864 bits per heavy atom. The molecule has 1 aromatic carbocycles. The van der Waals surface area contributed by atoms with Gasteiger partial charge in [0.25, 0.3) is 17.3 Å². The minimum Gasteiger partial charge on any atom is -0.443 e. The van der Waals surface area contributed by atoms with Crippen LogP contribution in [0.5, 0.6) is 0 Å². The second kappa shape index (κ2) is 18.1. The highest BCUT2D eigenvalue weighted by molar-refractivity contribution is 6.74. The molecule has 3 rings (SSSR count). The van der Waals surface area contributed by atoms with Crippen LogP contribution in [0, 0.1) is 0 Å². The third-order valence-corrected chi connectivity index (χ3v) is 13.7. The summed E-state index contributed by atoms with van der Waals surface area (Å²) in [5, 5.41) is 7.19. The molecule has 1 N–H and O–H groups in total. The molecule has 2 aromatic heterocycles. The summed E-state index contributed by atoms with van der Waals surface area (Å²) in [6.07, 6.45) is -14.6. The van der Waals surface area contributed by atoms with Crippen molar-refractivity contribution in [3.63, 3.8) is 0 Å². The Bertz CT molecular complexity index is 1920. The first kappa shape index (κ1) is 49.1. The summed E-state index contributed by atoms with van der Waals surface area (Å²) in [6, 6.07) is 7.97. The van der Waals surface area contributed by atoms with Crippen LogP contribution in [0.2, 0.25) is 18.1 Å². The van der Waals surface area contributed by atoms with Gasteiger partial charge < -0.3 is 32.8 Å². The minimum atomic E-state index is -5.35. The molecule has 0 aliphatic rings. The lowest BCUT2D eigenvalue weighted by atomic mass is 9.98. The van der Waals surface area contributed by atoms with Gasteiger partial charge in [0, 0.05) is 19.1 Å². The van der Waals surface area contributed by atoms with E-state index in [1.54, 1.807) is 18.2 Å².